The molecule has 4 heteroatoms. The summed E-state index contributed by atoms with van der Waals surface area (Å²) >= 11 is 0. The molecule has 0 spiro atoms. The van der Waals surface area contributed by atoms with Gasteiger partial charge in [-0.1, -0.05) is 0 Å². The number of ether oxygens (including phenoxy) is 1. The molecule has 0 aliphatic carbocycles. The van der Waals surface area contributed by atoms with Gasteiger partial charge in [-0.25, -0.2) is 0 Å². The van der Waals surface area contributed by atoms with E-state index in [-0.39, 0.29) is 5.41 Å². The molecule has 1 N–H and O–H groups in total. The average molecular weight is 239 g/mol. The molecule has 1 aliphatic heterocycles. The van der Waals surface area contributed by atoms with Crippen LogP contribution >= 0.6 is 0 Å². The second-order valence-corrected chi connectivity index (χ2v) is 5.45. The molecular formula is C13H25N3O. The first-order valence-corrected chi connectivity index (χ1v) is 6.47. The van der Waals surface area contributed by atoms with Crippen LogP contribution in [0.5, 0.6) is 0 Å². The first kappa shape index (κ1) is 14.4. The molecule has 0 aromatic rings. The van der Waals surface area contributed by atoms with Crippen LogP contribution in [0.1, 0.15) is 26.7 Å². The smallest absolute Gasteiger partial charge is 0.0826 e. The van der Waals surface area contributed by atoms with Crippen molar-refractivity contribution in [3.63, 3.8) is 0 Å². The van der Waals surface area contributed by atoms with Crippen molar-refractivity contribution >= 4 is 0 Å². The number of nitrogens with zero attached hydrogens (tertiary/aromatic N) is 2. The van der Waals surface area contributed by atoms with Gasteiger partial charge in [0.2, 0.25) is 0 Å². The Labute approximate surface area is 105 Å². The standard InChI is InChI=1S/C13H25N3O/c1-13(2,11-14)5-4-6-16-7-8-17-12(10-16)9-15-3/h12,15H,4-10H2,1-3H3. The molecule has 0 aromatic heterocycles. The maximum absolute atomic E-state index is 8.95. The topological polar surface area (TPSA) is 48.3 Å². The van der Waals surface area contributed by atoms with Gasteiger partial charge in [-0.05, 0) is 40.3 Å². The minimum Gasteiger partial charge on any atom is -0.374 e. The predicted octanol–water partition coefficient (Wildman–Crippen LogP) is 1.24. The Bertz CT molecular complexity index is 258. The van der Waals surface area contributed by atoms with E-state index in [0.29, 0.717) is 6.10 Å². The Morgan fingerprint density at radius 2 is 2.29 bits per heavy atom. The van der Waals surface area contributed by atoms with E-state index in [0.717, 1.165) is 45.6 Å². The van der Waals surface area contributed by atoms with Crippen molar-refractivity contribution < 1.29 is 4.74 Å². The van der Waals surface area contributed by atoms with E-state index in [2.05, 4.69) is 16.3 Å². The summed E-state index contributed by atoms with van der Waals surface area (Å²) in [5.74, 6) is 0. The molecule has 1 atom stereocenters. The Kier molecular flexibility index (Phi) is 5.90. The van der Waals surface area contributed by atoms with Gasteiger partial charge in [0.05, 0.1) is 24.2 Å². The quantitative estimate of drug-likeness (QED) is 0.757. The number of hydrogen-bond acceptors (Lipinski definition) is 4. The summed E-state index contributed by atoms with van der Waals surface area (Å²) < 4.78 is 5.66. The minimum absolute atomic E-state index is 0.184. The van der Waals surface area contributed by atoms with Crippen molar-refractivity contribution in [2.24, 2.45) is 5.41 Å². The van der Waals surface area contributed by atoms with Crippen molar-refractivity contribution in [3.8, 4) is 6.07 Å². The maximum Gasteiger partial charge on any atom is 0.0826 e. The monoisotopic (exact) mass is 239 g/mol. The van der Waals surface area contributed by atoms with E-state index in [9.17, 15) is 0 Å². The predicted molar refractivity (Wildman–Crippen MR) is 68.7 cm³/mol. The SMILES string of the molecule is CNCC1CN(CCCC(C)(C)C#N)CCO1. The number of nitrogens with one attached hydrogen (secondary N) is 1. The molecule has 0 radical (unpaired) electrons. The van der Waals surface area contributed by atoms with Gasteiger partial charge >= 0.3 is 0 Å². The van der Waals surface area contributed by atoms with Gasteiger partial charge in [0.25, 0.3) is 0 Å². The number of hydrogen-bond donors (Lipinski definition) is 1. The van der Waals surface area contributed by atoms with Gasteiger partial charge < -0.3 is 10.1 Å². The van der Waals surface area contributed by atoms with Crippen LogP contribution in [0.25, 0.3) is 0 Å². The zero-order valence-corrected chi connectivity index (χ0v) is 11.3. The van der Waals surface area contributed by atoms with Crippen LogP contribution in [-0.2, 0) is 4.74 Å². The van der Waals surface area contributed by atoms with Crippen molar-refractivity contribution in [2.45, 2.75) is 32.8 Å². The van der Waals surface area contributed by atoms with Gasteiger partial charge in [0.15, 0.2) is 0 Å². The van der Waals surface area contributed by atoms with E-state index in [1.807, 2.05) is 20.9 Å². The van der Waals surface area contributed by atoms with Crippen LogP contribution < -0.4 is 5.32 Å². The molecule has 0 saturated carbocycles. The third kappa shape index (κ3) is 5.49. The second kappa shape index (κ2) is 6.95. The zero-order valence-electron chi connectivity index (χ0n) is 11.3. The van der Waals surface area contributed by atoms with E-state index < -0.39 is 0 Å². The molecule has 1 aliphatic rings. The van der Waals surface area contributed by atoms with Crippen LogP contribution in [-0.4, -0.2) is 50.8 Å². The lowest BCUT2D eigenvalue weighted by Crippen LogP contribution is -2.46. The van der Waals surface area contributed by atoms with Crippen molar-refractivity contribution in [1.29, 1.82) is 5.26 Å². The third-order valence-electron chi connectivity index (χ3n) is 3.23. The molecule has 0 bridgehead atoms. The normalized spacial score (nSPS) is 22.4. The molecule has 17 heavy (non-hydrogen) atoms. The highest BCUT2D eigenvalue weighted by molar-refractivity contribution is 4.91. The van der Waals surface area contributed by atoms with Crippen molar-refractivity contribution in [1.82, 2.24) is 10.2 Å². The fourth-order valence-corrected chi connectivity index (χ4v) is 2.14. The first-order chi connectivity index (χ1) is 8.07. The van der Waals surface area contributed by atoms with Crippen LogP contribution in [0.2, 0.25) is 0 Å². The van der Waals surface area contributed by atoms with Crippen LogP contribution in [0.15, 0.2) is 0 Å². The molecule has 1 fully saturated rings. The lowest BCUT2D eigenvalue weighted by Gasteiger charge is -2.33. The summed E-state index contributed by atoms with van der Waals surface area (Å²) in [5.41, 5.74) is -0.184. The van der Waals surface area contributed by atoms with E-state index >= 15 is 0 Å². The fourth-order valence-electron chi connectivity index (χ4n) is 2.14. The second-order valence-electron chi connectivity index (χ2n) is 5.45. The van der Waals surface area contributed by atoms with Crippen molar-refractivity contribution in [2.75, 3.05) is 39.8 Å². The molecule has 0 amide bonds. The van der Waals surface area contributed by atoms with Gasteiger partial charge in [0.1, 0.15) is 0 Å². The Morgan fingerprint density at radius 3 is 2.94 bits per heavy atom. The van der Waals surface area contributed by atoms with E-state index in [1.54, 1.807) is 0 Å². The Morgan fingerprint density at radius 1 is 1.53 bits per heavy atom. The molecule has 1 rings (SSSR count). The zero-order chi connectivity index (χ0) is 12.7. The van der Waals surface area contributed by atoms with Gasteiger partial charge in [-0.15, -0.1) is 0 Å². The lowest BCUT2D eigenvalue weighted by molar-refractivity contribution is -0.0269. The molecule has 0 aromatic carbocycles. The van der Waals surface area contributed by atoms with Crippen molar-refractivity contribution in [3.05, 3.63) is 0 Å². The van der Waals surface area contributed by atoms with Crippen LogP contribution in [0.4, 0.5) is 0 Å². The van der Waals surface area contributed by atoms with Crippen LogP contribution in [0.3, 0.4) is 0 Å². The minimum atomic E-state index is -0.184. The fraction of sp³-hybridized carbons (Fsp3) is 0.923. The number of nitriles is 1. The first-order valence-electron chi connectivity index (χ1n) is 6.47. The molecule has 1 saturated heterocycles. The molecule has 4 nitrogen and oxygen atoms in total. The number of rotatable bonds is 6. The van der Waals surface area contributed by atoms with Crippen LogP contribution in [0, 0.1) is 16.7 Å². The summed E-state index contributed by atoms with van der Waals surface area (Å²) in [6.45, 7) is 8.87. The summed E-state index contributed by atoms with van der Waals surface area (Å²) in [4.78, 5) is 2.44. The average Bonchev–Trinajstić information content (AvgIpc) is 2.30. The summed E-state index contributed by atoms with van der Waals surface area (Å²) in [6.07, 6.45) is 2.38. The summed E-state index contributed by atoms with van der Waals surface area (Å²) in [6, 6.07) is 2.35. The summed E-state index contributed by atoms with van der Waals surface area (Å²) in [5, 5.41) is 12.1. The van der Waals surface area contributed by atoms with Gasteiger partial charge in [-0.3, -0.25) is 4.90 Å². The van der Waals surface area contributed by atoms with E-state index in [4.69, 9.17) is 10.00 Å². The van der Waals surface area contributed by atoms with E-state index in [1.165, 1.54) is 0 Å². The highest BCUT2D eigenvalue weighted by Crippen LogP contribution is 2.21. The molecule has 98 valence electrons. The molecule has 1 heterocycles. The number of likely N-dealkylation sites (N-methyl/N-ethyl adjacent to an activating group) is 1. The Hall–Kier alpha value is -0.630. The Balaban J connectivity index is 2.21. The maximum atomic E-state index is 8.95. The largest absolute Gasteiger partial charge is 0.374 e. The molecule has 1 unspecified atom stereocenters. The van der Waals surface area contributed by atoms with Gasteiger partial charge in [0, 0.05) is 19.6 Å². The number of morpholine rings is 1. The highest BCUT2D eigenvalue weighted by atomic mass is 16.5. The summed E-state index contributed by atoms with van der Waals surface area (Å²) in [7, 11) is 1.96. The lowest BCUT2D eigenvalue weighted by atomic mass is 9.90. The third-order valence-corrected chi connectivity index (χ3v) is 3.23. The molecular weight excluding hydrogens is 214 g/mol. The highest BCUT2D eigenvalue weighted by Gasteiger charge is 2.21. The van der Waals surface area contributed by atoms with Gasteiger partial charge in [-0.2, -0.15) is 5.26 Å².